The van der Waals surface area contributed by atoms with E-state index in [2.05, 4.69) is 37.4 Å². The largest absolute Gasteiger partial charge is 0.481 e. The highest BCUT2D eigenvalue weighted by atomic mass is 35.5. The molecule has 0 radical (unpaired) electrons. The second-order valence-corrected chi connectivity index (χ2v) is 12.4. The van der Waals surface area contributed by atoms with Gasteiger partial charge in [0, 0.05) is 44.0 Å². The van der Waals surface area contributed by atoms with Crippen LogP contribution in [0.5, 0.6) is 5.88 Å². The number of pyridine rings is 1. The van der Waals surface area contributed by atoms with E-state index in [0.29, 0.717) is 43.2 Å². The number of anilines is 2. The van der Waals surface area contributed by atoms with Gasteiger partial charge in [-0.25, -0.2) is 18.4 Å². The Bertz CT molecular complexity index is 2150. The first kappa shape index (κ1) is 38.0. The summed E-state index contributed by atoms with van der Waals surface area (Å²) in [7, 11) is 1.42. The van der Waals surface area contributed by atoms with Crippen molar-refractivity contribution in [2.24, 2.45) is 0 Å². The second-order valence-electron chi connectivity index (χ2n) is 12.0. The summed E-state index contributed by atoms with van der Waals surface area (Å²) in [4.78, 5) is 28.8. The molecule has 5 aromatic rings. The molecule has 278 valence electrons. The minimum Gasteiger partial charge on any atom is -0.481 e. The van der Waals surface area contributed by atoms with Crippen molar-refractivity contribution in [3.8, 4) is 17.6 Å². The summed E-state index contributed by atoms with van der Waals surface area (Å²) < 4.78 is 45.2. The van der Waals surface area contributed by atoms with Crippen molar-refractivity contribution in [3.05, 3.63) is 130 Å². The average molecular weight is 757 g/mol. The number of benzene rings is 3. The van der Waals surface area contributed by atoms with Crippen molar-refractivity contribution in [2.75, 3.05) is 57.1 Å². The zero-order valence-corrected chi connectivity index (χ0v) is 29.7. The van der Waals surface area contributed by atoms with Gasteiger partial charge in [-0.1, -0.05) is 23.7 Å². The number of nitriles is 1. The van der Waals surface area contributed by atoms with Crippen LogP contribution in [0.1, 0.15) is 49.7 Å². The zero-order valence-electron chi connectivity index (χ0n) is 28.9. The molecule has 54 heavy (non-hydrogen) atoms. The van der Waals surface area contributed by atoms with Crippen molar-refractivity contribution < 1.29 is 32.6 Å². The van der Waals surface area contributed by atoms with E-state index in [0.717, 1.165) is 24.2 Å². The summed E-state index contributed by atoms with van der Waals surface area (Å²) in [6, 6.07) is 22.1. The summed E-state index contributed by atoms with van der Waals surface area (Å²) in [5.41, 5.74) is 3.47. The highest BCUT2D eigenvalue weighted by molar-refractivity contribution is 6.30. The number of ether oxygens (including phenoxy) is 3. The molecule has 0 bridgehead atoms. The highest BCUT2D eigenvalue weighted by Gasteiger charge is 2.20. The topological polar surface area (TPSA) is 164 Å². The van der Waals surface area contributed by atoms with Gasteiger partial charge in [-0.15, -0.1) is 0 Å². The number of hydrogen-bond acceptors (Lipinski definition) is 10. The van der Waals surface area contributed by atoms with Crippen molar-refractivity contribution in [2.45, 2.75) is 12.2 Å². The van der Waals surface area contributed by atoms with E-state index < -0.39 is 17.6 Å². The number of methoxy groups -OCH3 is 1. The van der Waals surface area contributed by atoms with Gasteiger partial charge in [0.2, 0.25) is 5.88 Å². The lowest BCUT2D eigenvalue weighted by molar-refractivity contribution is 0.0275. The Morgan fingerprint density at radius 2 is 1.54 bits per heavy atom. The summed E-state index contributed by atoms with van der Waals surface area (Å²) >= 11 is 5.85. The van der Waals surface area contributed by atoms with Gasteiger partial charge in [0.1, 0.15) is 22.9 Å². The molecular formula is C38H35ClF2N8O5. The molecule has 2 fully saturated rings. The number of nitrogens with zero attached hydrogens (tertiary/aromatic N) is 4. The fourth-order valence-corrected chi connectivity index (χ4v) is 5.83. The van der Waals surface area contributed by atoms with E-state index in [1.165, 1.54) is 48.2 Å². The van der Waals surface area contributed by atoms with E-state index in [1.54, 1.807) is 42.6 Å². The molecule has 2 amide bonds. The standard InChI is InChI=1S/C21H18FN5O2.C17H17ClFN3O3/c22-16-2-4-17(5-3-16)27-9-7-19(26-27)21(28)25-18-6-1-14(11-15(18)12-23)20-13-24-8-10-29-20;1-24-16-8-11(7-15(18)22-16)17(23)21-13-3-2-10(6-12(13)19)14-9-20-4-5-25-14/h1-7,9,11,20,24H,8,10,13H2,(H,25,28);2-3,6-8,14,20H,4-5,9H2,1H3,(H,21,23)/t;14-/m.1/s1. The van der Waals surface area contributed by atoms with Crippen LogP contribution in [0.3, 0.4) is 0 Å². The average Bonchev–Trinajstić information content (AvgIpc) is 3.70. The monoisotopic (exact) mass is 756 g/mol. The van der Waals surface area contributed by atoms with Gasteiger partial charge in [0.05, 0.1) is 55.2 Å². The molecule has 0 aliphatic carbocycles. The number of nitrogens with one attached hydrogen (secondary N) is 4. The SMILES string of the molecule is COc1cc(C(=O)Nc2ccc([C@H]3CNCCO3)cc2F)cc(Cl)n1.N#Cc1cc(C2CNCCO2)ccc1NC(=O)c1ccn(-c2ccc(F)cc2)n1. The third kappa shape index (κ3) is 9.61. The Hall–Kier alpha value is -5.76. The molecule has 4 heterocycles. The number of carbonyl (C=O) groups excluding carboxylic acids is 2. The molecule has 2 atom stereocenters. The number of hydrogen-bond donors (Lipinski definition) is 4. The van der Waals surface area contributed by atoms with Crippen LogP contribution in [-0.2, 0) is 9.47 Å². The molecule has 0 spiro atoms. The smallest absolute Gasteiger partial charge is 0.276 e. The maximum absolute atomic E-state index is 14.4. The van der Waals surface area contributed by atoms with Gasteiger partial charge in [0.15, 0.2) is 5.69 Å². The lowest BCUT2D eigenvalue weighted by Gasteiger charge is -2.24. The van der Waals surface area contributed by atoms with Gasteiger partial charge in [0.25, 0.3) is 11.8 Å². The highest BCUT2D eigenvalue weighted by Crippen LogP contribution is 2.26. The summed E-state index contributed by atoms with van der Waals surface area (Å²) in [5, 5.41) is 25.5. The molecule has 13 nitrogen and oxygen atoms in total. The minimum atomic E-state index is -0.535. The van der Waals surface area contributed by atoms with E-state index in [-0.39, 0.29) is 46.0 Å². The fraction of sp³-hybridized carbons (Fsp3) is 0.237. The molecule has 2 aliphatic heterocycles. The second kappa shape index (κ2) is 17.8. The molecule has 4 N–H and O–H groups in total. The number of aromatic nitrogens is 3. The number of carbonyl (C=O) groups is 2. The summed E-state index contributed by atoms with van der Waals surface area (Å²) in [5.74, 6) is -1.63. The first-order valence-electron chi connectivity index (χ1n) is 16.8. The van der Waals surface area contributed by atoms with Gasteiger partial charge in [-0.05, 0) is 71.8 Å². The molecule has 3 aromatic carbocycles. The molecule has 2 saturated heterocycles. The van der Waals surface area contributed by atoms with Crippen LogP contribution in [0.2, 0.25) is 5.15 Å². The Morgan fingerprint density at radius 1 is 0.889 bits per heavy atom. The van der Waals surface area contributed by atoms with Crippen molar-refractivity contribution in [3.63, 3.8) is 0 Å². The van der Waals surface area contributed by atoms with Crippen LogP contribution in [0.4, 0.5) is 20.2 Å². The molecule has 7 rings (SSSR count). The van der Waals surface area contributed by atoms with Gasteiger partial charge >= 0.3 is 0 Å². The molecule has 16 heteroatoms. The van der Waals surface area contributed by atoms with Crippen LogP contribution in [0.15, 0.2) is 85.1 Å². The van der Waals surface area contributed by atoms with E-state index in [9.17, 15) is 23.6 Å². The Kier molecular flexibility index (Phi) is 12.5. The Morgan fingerprint density at radius 3 is 2.15 bits per heavy atom. The predicted octanol–water partition coefficient (Wildman–Crippen LogP) is 5.59. The third-order valence-electron chi connectivity index (χ3n) is 8.41. The number of morpholine rings is 2. The Labute approximate surface area is 314 Å². The van der Waals surface area contributed by atoms with Crippen LogP contribution in [-0.4, -0.2) is 73.1 Å². The maximum Gasteiger partial charge on any atom is 0.276 e. The normalized spacial score (nSPS) is 16.6. The zero-order chi connectivity index (χ0) is 38.0. The van der Waals surface area contributed by atoms with Crippen molar-refractivity contribution in [1.82, 2.24) is 25.4 Å². The van der Waals surface area contributed by atoms with Crippen LogP contribution in [0, 0.1) is 23.0 Å². The van der Waals surface area contributed by atoms with E-state index in [1.807, 2.05) is 6.07 Å². The van der Waals surface area contributed by atoms with Crippen LogP contribution >= 0.6 is 11.6 Å². The molecule has 2 aliphatic rings. The van der Waals surface area contributed by atoms with Gasteiger partial charge in [-0.3, -0.25) is 9.59 Å². The van der Waals surface area contributed by atoms with Crippen LogP contribution < -0.4 is 26.0 Å². The minimum absolute atomic E-state index is 0.0735. The quantitative estimate of drug-likeness (QED) is 0.147. The molecule has 1 unspecified atom stereocenters. The Balaban J connectivity index is 0.000000186. The van der Waals surface area contributed by atoms with Crippen LogP contribution in [0.25, 0.3) is 5.69 Å². The van der Waals surface area contributed by atoms with Crippen molar-refractivity contribution in [1.29, 1.82) is 5.26 Å². The van der Waals surface area contributed by atoms with Gasteiger partial charge < -0.3 is 35.5 Å². The van der Waals surface area contributed by atoms with E-state index >= 15 is 0 Å². The lowest BCUT2D eigenvalue weighted by atomic mass is 10.0. The lowest BCUT2D eigenvalue weighted by Crippen LogP contribution is -2.33. The predicted molar refractivity (Wildman–Crippen MR) is 196 cm³/mol. The number of amides is 2. The van der Waals surface area contributed by atoms with Gasteiger partial charge in [-0.2, -0.15) is 10.4 Å². The third-order valence-corrected chi connectivity index (χ3v) is 8.60. The van der Waals surface area contributed by atoms with Crippen molar-refractivity contribution >= 4 is 34.8 Å². The number of halogens is 3. The van der Waals surface area contributed by atoms with E-state index in [4.69, 9.17) is 25.8 Å². The summed E-state index contributed by atoms with van der Waals surface area (Å²) in [6.45, 7) is 4.08. The molecule has 2 aromatic heterocycles. The maximum atomic E-state index is 14.4. The fourth-order valence-electron chi connectivity index (χ4n) is 5.63. The first-order valence-corrected chi connectivity index (χ1v) is 17.2. The summed E-state index contributed by atoms with van der Waals surface area (Å²) in [6.07, 6.45) is 1.30. The first-order chi connectivity index (χ1) is 26.2. The number of rotatable bonds is 8. The molecule has 0 saturated carbocycles. The molecular weight excluding hydrogens is 722 g/mol.